The van der Waals surface area contributed by atoms with Crippen molar-refractivity contribution in [1.82, 2.24) is 20.0 Å². The van der Waals surface area contributed by atoms with E-state index in [0.29, 0.717) is 11.0 Å². The minimum absolute atomic E-state index is 0.382. The van der Waals surface area contributed by atoms with Gasteiger partial charge in [0.1, 0.15) is 0 Å². The van der Waals surface area contributed by atoms with E-state index in [0.717, 1.165) is 17.8 Å². The Bertz CT molecular complexity index is 476. The first-order chi connectivity index (χ1) is 7.69. The minimum Gasteiger partial charge on any atom is -0.336 e. The van der Waals surface area contributed by atoms with Crippen molar-refractivity contribution in [2.75, 3.05) is 5.32 Å². The predicted octanol–water partition coefficient (Wildman–Crippen LogP) is 2.17. The van der Waals surface area contributed by atoms with Gasteiger partial charge in [-0.25, -0.2) is 0 Å². The van der Waals surface area contributed by atoms with E-state index in [2.05, 4.69) is 27.5 Å². The number of hydrogen-bond donors (Lipinski definition) is 1. The number of rotatable bonds is 3. The van der Waals surface area contributed by atoms with Crippen LogP contribution in [0.15, 0.2) is 18.3 Å². The molecule has 0 bridgehead atoms. The highest BCUT2D eigenvalue weighted by molar-refractivity contribution is 6.29. The van der Waals surface area contributed by atoms with Gasteiger partial charge in [-0.3, -0.25) is 4.68 Å². The van der Waals surface area contributed by atoms with Gasteiger partial charge in [-0.15, -0.1) is 10.2 Å². The van der Waals surface area contributed by atoms with Crippen LogP contribution in [-0.4, -0.2) is 20.0 Å². The molecule has 2 rings (SSSR count). The minimum atomic E-state index is 0.382. The summed E-state index contributed by atoms with van der Waals surface area (Å²) in [5, 5.41) is 15.6. The monoisotopic (exact) mass is 237 g/mol. The van der Waals surface area contributed by atoms with Crippen LogP contribution in [0.1, 0.15) is 12.6 Å². The molecule has 0 aliphatic carbocycles. The molecule has 6 heteroatoms. The third-order valence-corrected chi connectivity index (χ3v) is 2.34. The van der Waals surface area contributed by atoms with Crippen LogP contribution in [0.3, 0.4) is 0 Å². The number of hydrogen-bond acceptors (Lipinski definition) is 4. The summed E-state index contributed by atoms with van der Waals surface area (Å²) in [6, 6.07) is 3.47. The fourth-order valence-electron chi connectivity index (χ4n) is 1.42. The third-order valence-electron chi connectivity index (χ3n) is 2.13. The van der Waals surface area contributed by atoms with Crippen LogP contribution in [-0.2, 0) is 13.5 Å². The average Bonchev–Trinajstić information content (AvgIpc) is 2.62. The molecular weight excluding hydrogens is 226 g/mol. The van der Waals surface area contributed by atoms with E-state index in [1.165, 1.54) is 0 Å². The quantitative estimate of drug-likeness (QED) is 0.889. The number of nitrogens with zero attached hydrogens (tertiary/aromatic N) is 4. The summed E-state index contributed by atoms with van der Waals surface area (Å²) < 4.78 is 1.77. The topological polar surface area (TPSA) is 55.6 Å². The largest absolute Gasteiger partial charge is 0.336 e. The van der Waals surface area contributed by atoms with Gasteiger partial charge in [-0.1, -0.05) is 18.5 Å². The molecule has 2 aromatic heterocycles. The normalized spacial score (nSPS) is 10.4. The maximum atomic E-state index is 5.66. The number of anilines is 2. The van der Waals surface area contributed by atoms with E-state index in [9.17, 15) is 0 Å². The van der Waals surface area contributed by atoms with Crippen LogP contribution in [0.4, 0.5) is 11.5 Å². The van der Waals surface area contributed by atoms with E-state index >= 15 is 0 Å². The van der Waals surface area contributed by atoms with E-state index < -0.39 is 0 Å². The summed E-state index contributed by atoms with van der Waals surface area (Å²) in [6.45, 7) is 2.06. The second-order valence-corrected chi connectivity index (χ2v) is 3.77. The maximum Gasteiger partial charge on any atom is 0.153 e. The molecule has 0 fully saturated rings. The zero-order valence-electron chi connectivity index (χ0n) is 9.11. The summed E-state index contributed by atoms with van der Waals surface area (Å²) in [5.74, 6) is 0.659. The summed E-state index contributed by atoms with van der Waals surface area (Å²) in [7, 11) is 1.89. The second-order valence-electron chi connectivity index (χ2n) is 3.38. The van der Waals surface area contributed by atoms with Crippen LogP contribution in [0, 0.1) is 0 Å². The molecule has 0 radical (unpaired) electrons. The van der Waals surface area contributed by atoms with Crippen LogP contribution in [0.2, 0.25) is 5.15 Å². The van der Waals surface area contributed by atoms with Gasteiger partial charge in [0.2, 0.25) is 0 Å². The Morgan fingerprint density at radius 3 is 2.81 bits per heavy atom. The Morgan fingerprint density at radius 2 is 2.19 bits per heavy atom. The van der Waals surface area contributed by atoms with Crippen molar-refractivity contribution in [2.24, 2.45) is 7.05 Å². The molecule has 0 aliphatic rings. The van der Waals surface area contributed by atoms with Crippen LogP contribution >= 0.6 is 11.6 Å². The lowest BCUT2D eigenvalue weighted by atomic mass is 10.3. The van der Waals surface area contributed by atoms with Crippen molar-refractivity contribution in [3.05, 3.63) is 29.2 Å². The molecule has 2 aromatic rings. The van der Waals surface area contributed by atoms with Crippen molar-refractivity contribution in [2.45, 2.75) is 13.3 Å². The molecule has 84 valence electrons. The highest BCUT2D eigenvalue weighted by Gasteiger charge is 2.06. The van der Waals surface area contributed by atoms with E-state index in [1.807, 2.05) is 13.2 Å². The number of aromatic nitrogens is 4. The van der Waals surface area contributed by atoms with Gasteiger partial charge in [0.15, 0.2) is 11.0 Å². The molecule has 0 saturated heterocycles. The summed E-state index contributed by atoms with van der Waals surface area (Å²) >= 11 is 5.66. The van der Waals surface area contributed by atoms with Crippen LogP contribution in [0.5, 0.6) is 0 Å². The van der Waals surface area contributed by atoms with Crippen LogP contribution < -0.4 is 5.32 Å². The number of nitrogens with one attached hydrogen (secondary N) is 1. The molecule has 0 spiro atoms. The molecule has 0 saturated carbocycles. The smallest absolute Gasteiger partial charge is 0.153 e. The first-order valence-corrected chi connectivity index (χ1v) is 5.35. The molecule has 0 atom stereocenters. The Labute approximate surface area is 98.5 Å². The molecule has 16 heavy (non-hydrogen) atoms. The molecule has 0 unspecified atom stereocenters. The van der Waals surface area contributed by atoms with Crippen molar-refractivity contribution in [3.63, 3.8) is 0 Å². The van der Waals surface area contributed by atoms with Crippen molar-refractivity contribution in [3.8, 4) is 0 Å². The Kier molecular flexibility index (Phi) is 3.05. The van der Waals surface area contributed by atoms with Gasteiger partial charge in [0.25, 0.3) is 0 Å². The molecule has 0 amide bonds. The van der Waals surface area contributed by atoms with Gasteiger partial charge < -0.3 is 5.32 Å². The van der Waals surface area contributed by atoms with E-state index in [1.54, 1.807) is 16.8 Å². The average molecular weight is 238 g/mol. The summed E-state index contributed by atoms with van der Waals surface area (Å²) in [4.78, 5) is 0. The number of halogens is 1. The maximum absolute atomic E-state index is 5.66. The standard InChI is InChI=1S/C10H12ClN5/c1-3-7-8(6-16(2)15-7)12-10-5-4-9(11)13-14-10/h4-6H,3H2,1-2H3,(H,12,14). The van der Waals surface area contributed by atoms with Crippen molar-refractivity contribution >= 4 is 23.1 Å². The van der Waals surface area contributed by atoms with Crippen LogP contribution in [0.25, 0.3) is 0 Å². The Hall–Kier alpha value is -1.62. The van der Waals surface area contributed by atoms with Gasteiger partial charge in [0, 0.05) is 13.2 Å². The summed E-state index contributed by atoms with van der Waals surface area (Å²) in [5.41, 5.74) is 1.95. The first-order valence-electron chi connectivity index (χ1n) is 4.98. The highest BCUT2D eigenvalue weighted by atomic mass is 35.5. The molecule has 5 nitrogen and oxygen atoms in total. The Balaban J connectivity index is 2.22. The lowest BCUT2D eigenvalue weighted by Gasteiger charge is -2.02. The zero-order chi connectivity index (χ0) is 11.5. The summed E-state index contributed by atoms with van der Waals surface area (Å²) in [6.07, 6.45) is 2.78. The molecule has 0 aliphatic heterocycles. The van der Waals surface area contributed by atoms with Crippen molar-refractivity contribution < 1.29 is 0 Å². The molecule has 0 aromatic carbocycles. The third kappa shape index (κ3) is 2.30. The van der Waals surface area contributed by atoms with Gasteiger partial charge in [-0.2, -0.15) is 5.10 Å². The van der Waals surface area contributed by atoms with E-state index in [4.69, 9.17) is 11.6 Å². The van der Waals surface area contributed by atoms with Crippen molar-refractivity contribution in [1.29, 1.82) is 0 Å². The number of aryl methyl sites for hydroxylation is 2. The second kappa shape index (κ2) is 4.49. The van der Waals surface area contributed by atoms with Gasteiger partial charge >= 0.3 is 0 Å². The van der Waals surface area contributed by atoms with Gasteiger partial charge in [0.05, 0.1) is 11.4 Å². The predicted molar refractivity (Wildman–Crippen MR) is 62.9 cm³/mol. The molecule has 1 N–H and O–H groups in total. The Morgan fingerprint density at radius 1 is 1.38 bits per heavy atom. The highest BCUT2D eigenvalue weighted by Crippen LogP contribution is 2.18. The fourth-order valence-corrected chi connectivity index (χ4v) is 1.52. The SMILES string of the molecule is CCc1nn(C)cc1Nc1ccc(Cl)nn1. The lowest BCUT2D eigenvalue weighted by molar-refractivity contribution is 0.746. The van der Waals surface area contributed by atoms with E-state index in [-0.39, 0.29) is 0 Å². The van der Waals surface area contributed by atoms with Gasteiger partial charge in [-0.05, 0) is 18.6 Å². The lowest BCUT2D eigenvalue weighted by Crippen LogP contribution is -1.96. The fraction of sp³-hybridized carbons (Fsp3) is 0.300. The zero-order valence-corrected chi connectivity index (χ0v) is 9.86. The first kappa shape index (κ1) is 10.9. The molecule has 2 heterocycles. The molecular formula is C10H12ClN5.